The fraction of sp³-hybridized carbons (Fsp3) is 0.415. The quantitative estimate of drug-likeness (QED) is 0.207. The van der Waals surface area contributed by atoms with Crippen molar-refractivity contribution in [3.05, 3.63) is 107 Å². The minimum absolute atomic E-state index is 0.0743. The first-order valence-electron chi connectivity index (χ1n) is 18.7. The SMILES string of the molecule is CCN1CC[C@H]2Nc3ccc(S(=O)(=O)c4cc(F)cc(F)c4)cc3[C@@H]2CC1.CCN1CC[C@H]2Nc3ccc(S(=O)(=O)c4ccc(C)cc4)cc3[C@@H]2CC1. The number of likely N-dealkylation sites (tertiary alicyclic amines) is 2. The summed E-state index contributed by atoms with van der Waals surface area (Å²) in [5.41, 5.74) is 5.27. The number of hydrogen-bond donors (Lipinski definition) is 2. The molecule has 0 spiro atoms. The molecule has 2 saturated heterocycles. The van der Waals surface area contributed by atoms with Crippen LogP contribution in [0, 0.1) is 18.6 Å². The van der Waals surface area contributed by atoms with Crippen LogP contribution in [0.25, 0.3) is 0 Å². The van der Waals surface area contributed by atoms with Crippen LogP contribution in [0.2, 0.25) is 0 Å². The van der Waals surface area contributed by atoms with Gasteiger partial charge in [0.25, 0.3) is 0 Å². The first-order chi connectivity index (χ1) is 25.4. The molecule has 0 radical (unpaired) electrons. The van der Waals surface area contributed by atoms with Crippen LogP contribution in [0.3, 0.4) is 0 Å². The standard InChI is InChI=1S/C21H26N2O2S.C20H22F2N2O2S/c1-3-23-12-10-18-19-14-17(8-9-20(19)22-21(18)11-13-23)26(24,25)16-6-4-15(2)5-7-16;1-2-24-7-5-17-18-12-15(3-4-19(18)23-20(17)6-8-24)27(25,26)16-10-13(21)9-14(22)11-16/h4-9,14,18,21-22H,3,10-13H2,1-2H3;3-4,9-12,17,20,23H,2,5-8H2,1H3/t18-,21+;17-,20+/m00/s1. The Bertz CT molecular complexity index is 2180. The highest BCUT2D eigenvalue weighted by Crippen LogP contribution is 2.44. The maximum Gasteiger partial charge on any atom is 0.206 e. The Hall–Kier alpha value is -3.84. The third-order valence-electron chi connectivity index (χ3n) is 11.5. The van der Waals surface area contributed by atoms with Crippen molar-refractivity contribution in [1.82, 2.24) is 9.80 Å². The summed E-state index contributed by atoms with van der Waals surface area (Å²) in [4.78, 5) is 5.36. The van der Waals surface area contributed by atoms with Crippen LogP contribution in [0.4, 0.5) is 20.2 Å². The molecule has 53 heavy (non-hydrogen) atoms. The minimum atomic E-state index is -3.99. The number of aryl methyl sites for hydroxylation is 1. The highest BCUT2D eigenvalue weighted by molar-refractivity contribution is 7.91. The van der Waals surface area contributed by atoms with Crippen molar-refractivity contribution in [3.8, 4) is 0 Å². The molecule has 2 N–H and O–H groups in total. The second-order valence-corrected chi connectivity index (χ2v) is 18.6. The van der Waals surface area contributed by atoms with Crippen molar-refractivity contribution < 1.29 is 25.6 Å². The maximum absolute atomic E-state index is 13.5. The molecule has 8 nitrogen and oxygen atoms in total. The molecule has 2 fully saturated rings. The smallest absolute Gasteiger partial charge is 0.206 e. The monoisotopic (exact) mass is 762 g/mol. The third kappa shape index (κ3) is 7.61. The second-order valence-electron chi connectivity index (χ2n) is 14.7. The summed E-state index contributed by atoms with van der Waals surface area (Å²) in [7, 11) is -7.46. The number of nitrogens with one attached hydrogen (secondary N) is 2. The molecule has 12 heteroatoms. The lowest BCUT2D eigenvalue weighted by molar-refractivity contribution is 0.298. The molecule has 0 unspecified atom stereocenters. The number of fused-ring (bicyclic) bond motifs is 6. The zero-order chi connectivity index (χ0) is 37.5. The van der Waals surface area contributed by atoms with Crippen LogP contribution >= 0.6 is 0 Å². The van der Waals surface area contributed by atoms with Gasteiger partial charge in [-0.25, -0.2) is 25.6 Å². The van der Waals surface area contributed by atoms with Crippen LogP contribution in [0.1, 0.15) is 68.1 Å². The molecule has 0 bridgehead atoms. The zero-order valence-electron chi connectivity index (χ0n) is 30.5. The molecule has 0 saturated carbocycles. The molecule has 4 aromatic rings. The van der Waals surface area contributed by atoms with E-state index in [4.69, 9.17) is 0 Å². The van der Waals surface area contributed by atoms with E-state index in [0.29, 0.717) is 33.9 Å². The van der Waals surface area contributed by atoms with E-state index in [9.17, 15) is 25.6 Å². The predicted molar refractivity (Wildman–Crippen MR) is 204 cm³/mol. The number of halogens is 2. The Morgan fingerprint density at radius 2 is 0.981 bits per heavy atom. The topological polar surface area (TPSA) is 98.8 Å². The van der Waals surface area contributed by atoms with Crippen molar-refractivity contribution in [2.75, 3.05) is 49.9 Å². The van der Waals surface area contributed by atoms with Crippen LogP contribution < -0.4 is 10.6 Å². The van der Waals surface area contributed by atoms with Crippen molar-refractivity contribution in [2.45, 2.75) is 90.0 Å². The minimum Gasteiger partial charge on any atom is -0.381 e. The molecule has 0 aromatic heterocycles. The fourth-order valence-electron chi connectivity index (χ4n) is 8.40. The van der Waals surface area contributed by atoms with E-state index in [-0.39, 0.29) is 15.7 Å². The van der Waals surface area contributed by atoms with Gasteiger partial charge in [0.1, 0.15) is 11.6 Å². The van der Waals surface area contributed by atoms with Gasteiger partial charge in [0, 0.05) is 54.5 Å². The number of anilines is 2. The largest absolute Gasteiger partial charge is 0.381 e. The van der Waals surface area contributed by atoms with Crippen LogP contribution in [-0.4, -0.2) is 78.0 Å². The first kappa shape index (κ1) is 37.5. The van der Waals surface area contributed by atoms with E-state index in [2.05, 4.69) is 34.3 Å². The molecule has 4 aliphatic rings. The van der Waals surface area contributed by atoms with Gasteiger partial charge >= 0.3 is 0 Å². The van der Waals surface area contributed by atoms with Gasteiger partial charge in [-0.1, -0.05) is 31.5 Å². The number of hydrogen-bond acceptors (Lipinski definition) is 8. The van der Waals surface area contributed by atoms with Crippen LogP contribution in [-0.2, 0) is 19.7 Å². The van der Waals surface area contributed by atoms with E-state index in [0.717, 1.165) is 99.6 Å². The van der Waals surface area contributed by atoms with Gasteiger partial charge in [0.05, 0.1) is 19.6 Å². The normalized spacial score (nSPS) is 22.8. The lowest BCUT2D eigenvalue weighted by Crippen LogP contribution is -2.25. The van der Waals surface area contributed by atoms with Gasteiger partial charge in [-0.3, -0.25) is 0 Å². The summed E-state index contributed by atoms with van der Waals surface area (Å²) in [5.74, 6) is -1.16. The van der Waals surface area contributed by atoms with Crippen molar-refractivity contribution in [1.29, 1.82) is 0 Å². The number of benzene rings is 4. The van der Waals surface area contributed by atoms with E-state index >= 15 is 0 Å². The Kier molecular flexibility index (Phi) is 10.7. The molecular formula is C41H48F2N4O4S2. The highest BCUT2D eigenvalue weighted by Gasteiger charge is 2.37. The molecule has 0 aliphatic carbocycles. The van der Waals surface area contributed by atoms with Gasteiger partial charge < -0.3 is 20.4 Å². The summed E-state index contributed by atoms with van der Waals surface area (Å²) in [6.45, 7) is 12.6. The maximum atomic E-state index is 13.5. The molecule has 0 amide bonds. The Morgan fingerprint density at radius 3 is 1.43 bits per heavy atom. The van der Waals surface area contributed by atoms with Gasteiger partial charge in [0.15, 0.2) is 0 Å². The van der Waals surface area contributed by atoms with Gasteiger partial charge in [-0.15, -0.1) is 0 Å². The first-order valence-corrected chi connectivity index (χ1v) is 21.6. The fourth-order valence-corrected chi connectivity index (χ4v) is 11.0. The van der Waals surface area contributed by atoms with E-state index in [1.54, 1.807) is 30.3 Å². The molecule has 4 heterocycles. The Morgan fingerprint density at radius 1 is 0.566 bits per heavy atom. The van der Waals surface area contributed by atoms with Gasteiger partial charge in [-0.2, -0.15) is 0 Å². The molecule has 282 valence electrons. The highest BCUT2D eigenvalue weighted by atomic mass is 32.2. The van der Waals surface area contributed by atoms with E-state index in [1.165, 1.54) is 11.6 Å². The average Bonchev–Trinajstić information content (AvgIpc) is 3.50. The van der Waals surface area contributed by atoms with Crippen molar-refractivity contribution in [2.24, 2.45) is 0 Å². The second kappa shape index (κ2) is 15.1. The molecule has 4 aliphatic heterocycles. The average molecular weight is 763 g/mol. The van der Waals surface area contributed by atoms with Gasteiger partial charge in [0.2, 0.25) is 19.7 Å². The number of sulfone groups is 2. The molecular weight excluding hydrogens is 715 g/mol. The third-order valence-corrected chi connectivity index (χ3v) is 15.0. The summed E-state index contributed by atoms with van der Waals surface area (Å²) in [5, 5.41) is 7.14. The van der Waals surface area contributed by atoms with Crippen LogP contribution in [0.15, 0.2) is 98.4 Å². The summed E-state index contributed by atoms with van der Waals surface area (Å²) < 4.78 is 78.9. The predicted octanol–water partition coefficient (Wildman–Crippen LogP) is 7.61. The Balaban J connectivity index is 0.000000164. The van der Waals surface area contributed by atoms with Crippen molar-refractivity contribution in [3.63, 3.8) is 0 Å². The van der Waals surface area contributed by atoms with Crippen LogP contribution in [0.5, 0.6) is 0 Å². The summed E-state index contributed by atoms with van der Waals surface area (Å²) in [6, 6.07) is 20.7. The van der Waals surface area contributed by atoms with E-state index < -0.39 is 31.3 Å². The van der Waals surface area contributed by atoms with E-state index in [1.807, 2.05) is 31.2 Å². The molecule has 4 atom stereocenters. The molecule has 4 aromatic carbocycles. The number of rotatable bonds is 6. The lowest BCUT2D eigenvalue weighted by Gasteiger charge is -2.17. The van der Waals surface area contributed by atoms with Crippen molar-refractivity contribution >= 4 is 31.0 Å². The lowest BCUT2D eigenvalue weighted by atomic mass is 9.91. The van der Waals surface area contributed by atoms with Gasteiger partial charge in [-0.05, 0) is 131 Å². The summed E-state index contributed by atoms with van der Waals surface area (Å²) >= 11 is 0. The number of nitrogens with zero attached hydrogens (tertiary/aromatic N) is 2. The zero-order valence-corrected chi connectivity index (χ0v) is 32.1. The Labute approximate surface area is 312 Å². The summed E-state index contributed by atoms with van der Waals surface area (Å²) in [6.07, 6.45) is 4.14. The molecule has 8 rings (SSSR count).